The summed E-state index contributed by atoms with van der Waals surface area (Å²) in [5.41, 5.74) is 0. The highest BCUT2D eigenvalue weighted by atomic mass is 127. The fraction of sp³-hybridized carbons (Fsp3) is 0.200. The number of ether oxygens (including phenoxy) is 1. The second-order valence-electron chi connectivity index (χ2n) is 1.46. The summed E-state index contributed by atoms with van der Waals surface area (Å²) in [6.45, 7) is 0. The lowest BCUT2D eigenvalue weighted by atomic mass is 10.7. The van der Waals surface area contributed by atoms with Gasteiger partial charge in [0.1, 0.15) is 0 Å². The Kier molecular flexibility index (Phi) is 2.61. The van der Waals surface area contributed by atoms with Crippen LogP contribution >= 0.6 is 33.9 Å². The van der Waals surface area contributed by atoms with Crippen LogP contribution in [0.4, 0.5) is 0 Å². The van der Waals surface area contributed by atoms with Crippen LogP contribution in [0.5, 0.6) is 0 Å². The Morgan fingerprint density at radius 1 is 1.90 bits per heavy atom. The minimum atomic E-state index is -0.368. The molecule has 10 heavy (non-hydrogen) atoms. The van der Waals surface area contributed by atoms with Crippen molar-refractivity contribution in [3.63, 3.8) is 0 Å². The first-order valence-corrected chi connectivity index (χ1v) is 4.33. The molecule has 3 nitrogen and oxygen atoms in total. The Bertz CT molecular complexity index is 248. The van der Waals surface area contributed by atoms with Crippen molar-refractivity contribution in [1.29, 1.82) is 0 Å². The van der Waals surface area contributed by atoms with E-state index in [1.807, 2.05) is 0 Å². The molecule has 1 heterocycles. The molecule has 0 spiro atoms. The molecule has 5 heteroatoms. The highest BCUT2D eigenvalue weighted by Gasteiger charge is 2.08. The number of aromatic nitrogens is 1. The van der Waals surface area contributed by atoms with Crippen LogP contribution in [0.3, 0.4) is 0 Å². The lowest BCUT2D eigenvalue weighted by Crippen LogP contribution is -1.98. The van der Waals surface area contributed by atoms with Gasteiger partial charge >= 0.3 is 5.97 Å². The van der Waals surface area contributed by atoms with Crippen molar-refractivity contribution < 1.29 is 9.53 Å². The summed E-state index contributed by atoms with van der Waals surface area (Å²) in [7, 11) is 1.34. The summed E-state index contributed by atoms with van der Waals surface area (Å²) in [6, 6.07) is 0. The molecule has 0 N–H and O–H groups in total. The topological polar surface area (TPSA) is 39.2 Å². The SMILES string of the molecule is COC(=O)c1ncc(I)s1. The van der Waals surface area contributed by atoms with Crippen molar-refractivity contribution in [1.82, 2.24) is 4.98 Å². The van der Waals surface area contributed by atoms with Crippen molar-refractivity contribution >= 4 is 39.9 Å². The molecule has 0 atom stereocenters. The molecule has 0 fully saturated rings. The van der Waals surface area contributed by atoms with E-state index in [-0.39, 0.29) is 5.97 Å². The van der Waals surface area contributed by atoms with Gasteiger partial charge in [0.2, 0.25) is 5.01 Å². The number of carbonyl (C=O) groups is 1. The largest absolute Gasteiger partial charge is 0.464 e. The van der Waals surface area contributed by atoms with Crippen LogP contribution in [-0.2, 0) is 4.74 Å². The zero-order valence-electron chi connectivity index (χ0n) is 5.13. The third kappa shape index (κ3) is 1.66. The van der Waals surface area contributed by atoms with E-state index in [2.05, 4.69) is 32.3 Å². The van der Waals surface area contributed by atoms with Gasteiger partial charge in [0.25, 0.3) is 0 Å². The van der Waals surface area contributed by atoms with Gasteiger partial charge in [0.05, 0.1) is 16.2 Å². The van der Waals surface area contributed by atoms with Crippen molar-refractivity contribution in [2.24, 2.45) is 0 Å². The second-order valence-corrected chi connectivity index (χ2v) is 4.39. The summed E-state index contributed by atoms with van der Waals surface area (Å²) >= 11 is 3.42. The van der Waals surface area contributed by atoms with E-state index in [0.717, 1.165) is 2.88 Å². The minimum Gasteiger partial charge on any atom is -0.464 e. The molecule has 1 aromatic heterocycles. The van der Waals surface area contributed by atoms with Crippen LogP contribution in [0, 0.1) is 2.88 Å². The standard InChI is InChI=1S/C5H4INO2S/c1-9-5(8)4-7-2-3(6)10-4/h2H,1H3. The molecule has 54 valence electrons. The minimum absolute atomic E-state index is 0.368. The summed E-state index contributed by atoms with van der Waals surface area (Å²) in [4.78, 5) is 14.6. The third-order valence-electron chi connectivity index (χ3n) is 0.837. The number of hydrogen-bond acceptors (Lipinski definition) is 4. The van der Waals surface area contributed by atoms with Crippen molar-refractivity contribution in [3.05, 3.63) is 14.1 Å². The van der Waals surface area contributed by atoms with Gasteiger partial charge < -0.3 is 4.74 Å². The van der Waals surface area contributed by atoms with E-state index in [1.54, 1.807) is 6.20 Å². The van der Waals surface area contributed by atoms with Crippen LogP contribution in [0.15, 0.2) is 6.20 Å². The first-order valence-electron chi connectivity index (χ1n) is 2.43. The zero-order chi connectivity index (χ0) is 7.56. The molecule has 0 bridgehead atoms. The lowest BCUT2D eigenvalue weighted by molar-refractivity contribution is 0.0600. The Morgan fingerprint density at radius 3 is 3.00 bits per heavy atom. The fourth-order valence-corrected chi connectivity index (χ4v) is 1.76. The Labute approximate surface area is 75.6 Å². The quantitative estimate of drug-likeness (QED) is 0.573. The molecule has 0 aliphatic carbocycles. The first-order chi connectivity index (χ1) is 4.74. The molecule has 0 aliphatic heterocycles. The maximum absolute atomic E-state index is 10.7. The number of methoxy groups -OCH3 is 1. The molecular formula is C5H4INO2S. The van der Waals surface area contributed by atoms with Gasteiger partial charge in [-0.25, -0.2) is 9.78 Å². The summed E-state index contributed by atoms with van der Waals surface area (Å²) in [5, 5.41) is 0.409. The average molecular weight is 269 g/mol. The molecule has 1 rings (SSSR count). The number of rotatable bonds is 1. The summed E-state index contributed by atoms with van der Waals surface area (Å²) < 4.78 is 5.44. The van der Waals surface area contributed by atoms with E-state index in [1.165, 1.54) is 18.4 Å². The fourth-order valence-electron chi connectivity index (χ4n) is 0.436. The van der Waals surface area contributed by atoms with Gasteiger partial charge in [-0.2, -0.15) is 0 Å². The van der Waals surface area contributed by atoms with Crippen molar-refractivity contribution in [2.45, 2.75) is 0 Å². The van der Waals surface area contributed by atoms with Crippen molar-refractivity contribution in [3.8, 4) is 0 Å². The number of hydrogen-bond donors (Lipinski definition) is 0. The maximum Gasteiger partial charge on any atom is 0.367 e. The summed E-state index contributed by atoms with van der Waals surface area (Å²) in [5.74, 6) is -0.368. The van der Waals surface area contributed by atoms with Crippen LogP contribution in [-0.4, -0.2) is 18.1 Å². The number of esters is 1. The highest BCUT2D eigenvalue weighted by Crippen LogP contribution is 2.14. The molecule has 0 saturated heterocycles. The smallest absolute Gasteiger partial charge is 0.367 e. The van der Waals surface area contributed by atoms with Gasteiger partial charge in [-0.15, -0.1) is 11.3 Å². The van der Waals surface area contributed by atoms with Crippen LogP contribution in [0.25, 0.3) is 0 Å². The van der Waals surface area contributed by atoms with Gasteiger partial charge in [0, 0.05) is 0 Å². The maximum atomic E-state index is 10.7. The summed E-state index contributed by atoms with van der Waals surface area (Å²) in [6.07, 6.45) is 1.64. The number of thiazole rings is 1. The molecule has 0 amide bonds. The number of halogens is 1. The number of carbonyl (C=O) groups excluding carboxylic acids is 1. The Morgan fingerprint density at radius 2 is 2.60 bits per heavy atom. The lowest BCUT2D eigenvalue weighted by Gasteiger charge is -1.89. The van der Waals surface area contributed by atoms with E-state index in [9.17, 15) is 4.79 Å². The molecule has 0 saturated carbocycles. The van der Waals surface area contributed by atoms with E-state index < -0.39 is 0 Å². The molecule has 1 aromatic rings. The molecule has 0 unspecified atom stereocenters. The van der Waals surface area contributed by atoms with E-state index in [4.69, 9.17) is 0 Å². The normalized spacial score (nSPS) is 9.40. The van der Waals surface area contributed by atoms with Gasteiger partial charge in [-0.3, -0.25) is 0 Å². The van der Waals surface area contributed by atoms with Gasteiger partial charge in [-0.1, -0.05) is 0 Å². The van der Waals surface area contributed by atoms with Crippen molar-refractivity contribution in [2.75, 3.05) is 7.11 Å². The number of nitrogens with zero attached hydrogens (tertiary/aromatic N) is 1. The predicted molar refractivity (Wildman–Crippen MR) is 46.2 cm³/mol. The monoisotopic (exact) mass is 269 g/mol. The third-order valence-corrected chi connectivity index (χ3v) is 2.54. The van der Waals surface area contributed by atoms with Crippen LogP contribution in [0.2, 0.25) is 0 Å². The Balaban J connectivity index is 2.85. The molecule has 0 radical (unpaired) electrons. The van der Waals surface area contributed by atoms with Crippen LogP contribution in [0.1, 0.15) is 9.80 Å². The average Bonchev–Trinajstić information content (AvgIpc) is 2.34. The zero-order valence-corrected chi connectivity index (χ0v) is 8.10. The van der Waals surface area contributed by atoms with Gasteiger partial charge in [0.15, 0.2) is 0 Å². The van der Waals surface area contributed by atoms with Crippen LogP contribution < -0.4 is 0 Å². The molecular weight excluding hydrogens is 265 g/mol. The highest BCUT2D eigenvalue weighted by molar-refractivity contribution is 14.1. The first kappa shape index (κ1) is 7.93. The molecule has 0 aromatic carbocycles. The van der Waals surface area contributed by atoms with E-state index in [0.29, 0.717) is 5.01 Å². The van der Waals surface area contributed by atoms with Gasteiger partial charge in [-0.05, 0) is 22.6 Å². The van der Waals surface area contributed by atoms with E-state index >= 15 is 0 Å². The molecule has 0 aliphatic rings. The predicted octanol–water partition coefficient (Wildman–Crippen LogP) is 1.53. The Hall–Kier alpha value is -0.170. The second kappa shape index (κ2) is 3.29.